The summed E-state index contributed by atoms with van der Waals surface area (Å²) in [5.41, 5.74) is 0.541. The maximum atomic E-state index is 12.3. The molecule has 1 aromatic carbocycles. The third-order valence-electron chi connectivity index (χ3n) is 3.02. The van der Waals surface area contributed by atoms with E-state index in [9.17, 15) is 4.79 Å². The molecule has 0 saturated heterocycles. The molecule has 6 nitrogen and oxygen atoms in total. The van der Waals surface area contributed by atoms with E-state index in [2.05, 4.69) is 21.2 Å². The first-order valence-corrected chi connectivity index (χ1v) is 7.31. The fraction of sp³-hybridized carbons (Fsp3) is 0.267. The van der Waals surface area contributed by atoms with Gasteiger partial charge in [-0.3, -0.25) is 0 Å². The van der Waals surface area contributed by atoms with E-state index < -0.39 is 0 Å². The number of hydrogen-bond acceptors (Lipinski definition) is 4. The van der Waals surface area contributed by atoms with Crippen molar-refractivity contribution in [2.45, 2.75) is 6.54 Å². The summed E-state index contributed by atoms with van der Waals surface area (Å²) in [6.45, 7) is 0.351. The predicted octanol–water partition coefficient (Wildman–Crippen LogP) is 3.72. The molecule has 0 aliphatic heterocycles. The normalized spacial score (nSPS) is 10.2. The minimum Gasteiger partial charge on any atom is -0.497 e. The highest BCUT2D eigenvalue weighted by Crippen LogP contribution is 2.29. The zero-order valence-electron chi connectivity index (χ0n) is 12.6. The van der Waals surface area contributed by atoms with Crippen LogP contribution in [0.1, 0.15) is 5.76 Å². The van der Waals surface area contributed by atoms with E-state index in [1.165, 1.54) is 4.90 Å². The van der Waals surface area contributed by atoms with Crippen molar-refractivity contribution in [3.05, 3.63) is 40.8 Å². The van der Waals surface area contributed by atoms with Crippen LogP contribution in [0.3, 0.4) is 0 Å². The number of ether oxygens (including phenoxy) is 2. The van der Waals surface area contributed by atoms with Gasteiger partial charge in [-0.2, -0.15) is 0 Å². The quantitative estimate of drug-likeness (QED) is 0.873. The molecule has 0 aliphatic rings. The summed E-state index contributed by atoms with van der Waals surface area (Å²) >= 11 is 3.23. The predicted molar refractivity (Wildman–Crippen MR) is 86.4 cm³/mol. The van der Waals surface area contributed by atoms with Crippen LogP contribution in [0.15, 0.2) is 39.4 Å². The Balaban J connectivity index is 2.07. The summed E-state index contributed by atoms with van der Waals surface area (Å²) in [5.74, 6) is 1.87. The number of benzene rings is 1. The minimum absolute atomic E-state index is 0.279. The number of furan rings is 1. The molecule has 0 bridgehead atoms. The maximum Gasteiger partial charge on any atom is 0.322 e. The molecule has 0 spiro atoms. The largest absolute Gasteiger partial charge is 0.497 e. The number of nitrogens with zero attached hydrogens (tertiary/aromatic N) is 1. The number of anilines is 1. The smallest absolute Gasteiger partial charge is 0.322 e. The lowest BCUT2D eigenvalue weighted by molar-refractivity contribution is 0.216. The highest BCUT2D eigenvalue weighted by Gasteiger charge is 2.14. The molecule has 2 amide bonds. The standard InChI is InChI=1S/C15H17BrN2O4/c1-18(9-11-5-7-14(16)22-11)15(19)17-12-8-10(20-2)4-6-13(12)21-3/h4-8H,9H2,1-3H3,(H,17,19). The molecule has 22 heavy (non-hydrogen) atoms. The Hall–Kier alpha value is -2.15. The number of methoxy groups -OCH3 is 2. The first-order valence-electron chi connectivity index (χ1n) is 6.52. The summed E-state index contributed by atoms with van der Waals surface area (Å²) in [6, 6.07) is 8.51. The van der Waals surface area contributed by atoms with Gasteiger partial charge in [-0.25, -0.2) is 4.79 Å². The summed E-state index contributed by atoms with van der Waals surface area (Å²) in [4.78, 5) is 13.8. The van der Waals surface area contributed by atoms with Crippen LogP contribution in [0.4, 0.5) is 10.5 Å². The van der Waals surface area contributed by atoms with Gasteiger partial charge in [0, 0.05) is 13.1 Å². The first-order chi connectivity index (χ1) is 10.5. The van der Waals surface area contributed by atoms with Crippen LogP contribution in [0.5, 0.6) is 11.5 Å². The molecule has 0 saturated carbocycles. The number of carbonyl (C=O) groups is 1. The Kier molecular flexibility index (Phi) is 5.32. The van der Waals surface area contributed by atoms with Crippen molar-refractivity contribution < 1.29 is 18.7 Å². The molecule has 0 aliphatic carbocycles. The van der Waals surface area contributed by atoms with Crippen molar-refractivity contribution in [2.24, 2.45) is 0 Å². The molecule has 0 radical (unpaired) electrons. The second-order valence-corrected chi connectivity index (χ2v) is 5.34. The van der Waals surface area contributed by atoms with Crippen LogP contribution in [-0.2, 0) is 6.54 Å². The molecule has 118 valence electrons. The zero-order chi connectivity index (χ0) is 16.1. The molecular weight excluding hydrogens is 352 g/mol. The van der Waals surface area contributed by atoms with Gasteiger partial charge in [0.25, 0.3) is 0 Å². The highest BCUT2D eigenvalue weighted by molar-refractivity contribution is 9.10. The number of urea groups is 1. The van der Waals surface area contributed by atoms with Crippen LogP contribution in [0.25, 0.3) is 0 Å². The van der Waals surface area contributed by atoms with Crippen LogP contribution < -0.4 is 14.8 Å². The fourth-order valence-corrected chi connectivity index (χ4v) is 2.20. The van der Waals surface area contributed by atoms with Crippen molar-refractivity contribution in [3.63, 3.8) is 0 Å². The number of amides is 2. The second-order valence-electron chi connectivity index (χ2n) is 4.56. The number of hydrogen-bond donors (Lipinski definition) is 1. The number of carbonyl (C=O) groups excluding carboxylic acids is 1. The van der Waals surface area contributed by atoms with Crippen molar-refractivity contribution >= 4 is 27.6 Å². The van der Waals surface area contributed by atoms with Gasteiger partial charge < -0.3 is 24.1 Å². The number of nitrogens with one attached hydrogen (secondary N) is 1. The first kappa shape index (κ1) is 16.2. The average Bonchev–Trinajstić information content (AvgIpc) is 2.92. The number of rotatable bonds is 5. The molecule has 2 rings (SSSR count). The molecule has 1 N–H and O–H groups in total. The van der Waals surface area contributed by atoms with E-state index in [-0.39, 0.29) is 6.03 Å². The summed E-state index contributed by atoms with van der Waals surface area (Å²) in [5, 5.41) is 2.79. The molecule has 2 aromatic rings. The zero-order valence-corrected chi connectivity index (χ0v) is 14.1. The van der Waals surface area contributed by atoms with Gasteiger partial charge in [-0.05, 0) is 40.2 Å². The van der Waals surface area contributed by atoms with Crippen LogP contribution in [0.2, 0.25) is 0 Å². The van der Waals surface area contributed by atoms with Gasteiger partial charge in [0.2, 0.25) is 0 Å². The van der Waals surface area contributed by atoms with Crippen molar-refractivity contribution in [3.8, 4) is 11.5 Å². The van der Waals surface area contributed by atoms with Gasteiger partial charge >= 0.3 is 6.03 Å². The summed E-state index contributed by atoms with van der Waals surface area (Å²) in [7, 11) is 4.79. The lowest BCUT2D eigenvalue weighted by Gasteiger charge is -2.18. The lowest BCUT2D eigenvalue weighted by Crippen LogP contribution is -2.30. The fourth-order valence-electron chi connectivity index (χ4n) is 1.86. The monoisotopic (exact) mass is 368 g/mol. The molecule has 1 heterocycles. The van der Waals surface area contributed by atoms with Crippen LogP contribution in [0, 0.1) is 0 Å². The van der Waals surface area contributed by atoms with Gasteiger partial charge in [0.05, 0.1) is 26.5 Å². The van der Waals surface area contributed by atoms with Gasteiger partial charge in [0.15, 0.2) is 4.67 Å². The Labute approximate surface area is 137 Å². The Morgan fingerprint density at radius 3 is 2.64 bits per heavy atom. The molecule has 1 aromatic heterocycles. The Bertz CT molecular complexity index is 657. The third-order valence-corrected chi connectivity index (χ3v) is 3.44. The lowest BCUT2D eigenvalue weighted by atomic mass is 10.2. The van der Waals surface area contributed by atoms with E-state index in [1.807, 2.05) is 0 Å². The van der Waals surface area contributed by atoms with E-state index in [0.29, 0.717) is 34.2 Å². The Morgan fingerprint density at radius 2 is 2.05 bits per heavy atom. The SMILES string of the molecule is COc1ccc(OC)c(NC(=O)N(C)Cc2ccc(Br)o2)c1. The molecule has 0 atom stereocenters. The molecule has 0 fully saturated rings. The maximum absolute atomic E-state index is 12.3. The van der Waals surface area contributed by atoms with Crippen molar-refractivity contribution in [1.29, 1.82) is 0 Å². The van der Waals surface area contributed by atoms with Crippen molar-refractivity contribution in [2.75, 3.05) is 26.6 Å². The van der Waals surface area contributed by atoms with E-state index in [4.69, 9.17) is 13.9 Å². The highest BCUT2D eigenvalue weighted by atomic mass is 79.9. The third kappa shape index (κ3) is 3.94. The van der Waals surface area contributed by atoms with Crippen LogP contribution in [-0.4, -0.2) is 32.2 Å². The summed E-state index contributed by atoms with van der Waals surface area (Å²) in [6.07, 6.45) is 0. The van der Waals surface area contributed by atoms with Gasteiger partial charge in [-0.1, -0.05) is 0 Å². The van der Waals surface area contributed by atoms with Gasteiger partial charge in [-0.15, -0.1) is 0 Å². The molecule has 7 heteroatoms. The van der Waals surface area contributed by atoms with E-state index in [1.54, 1.807) is 51.6 Å². The molecule has 0 unspecified atom stereocenters. The Morgan fingerprint density at radius 1 is 1.27 bits per heavy atom. The van der Waals surface area contributed by atoms with E-state index in [0.717, 1.165) is 0 Å². The van der Waals surface area contributed by atoms with Gasteiger partial charge in [0.1, 0.15) is 17.3 Å². The molecular formula is C15H17BrN2O4. The second kappa shape index (κ2) is 7.22. The van der Waals surface area contributed by atoms with E-state index >= 15 is 0 Å². The average molecular weight is 369 g/mol. The topological polar surface area (TPSA) is 63.9 Å². The minimum atomic E-state index is -0.279. The van der Waals surface area contributed by atoms with Crippen LogP contribution >= 0.6 is 15.9 Å². The van der Waals surface area contributed by atoms with Crippen molar-refractivity contribution in [1.82, 2.24) is 4.90 Å². The number of halogens is 1. The summed E-state index contributed by atoms with van der Waals surface area (Å²) < 4.78 is 16.4.